The van der Waals surface area contributed by atoms with Crippen molar-refractivity contribution >= 4 is 17.8 Å². The van der Waals surface area contributed by atoms with E-state index in [1.54, 1.807) is 22.7 Å². The second-order valence-corrected chi connectivity index (χ2v) is 6.63. The highest BCUT2D eigenvalue weighted by molar-refractivity contribution is 7.98. The van der Waals surface area contributed by atoms with E-state index in [0.717, 1.165) is 24.7 Å². The molecule has 0 aliphatic carbocycles. The molecule has 1 aliphatic heterocycles. The Morgan fingerprint density at radius 2 is 2.13 bits per heavy atom. The van der Waals surface area contributed by atoms with E-state index in [1.165, 1.54) is 12.1 Å². The van der Waals surface area contributed by atoms with Gasteiger partial charge in [-0.15, -0.1) is 0 Å². The van der Waals surface area contributed by atoms with Crippen LogP contribution in [0, 0.1) is 5.92 Å². The van der Waals surface area contributed by atoms with E-state index in [0.29, 0.717) is 19.0 Å². The average molecular weight is 346 g/mol. The fourth-order valence-electron chi connectivity index (χ4n) is 2.85. The topological polar surface area (TPSA) is 32.3 Å². The van der Waals surface area contributed by atoms with Crippen LogP contribution in [0.5, 0.6) is 0 Å². The van der Waals surface area contributed by atoms with Crippen molar-refractivity contribution in [1.82, 2.24) is 10.2 Å². The highest BCUT2D eigenvalue weighted by Crippen LogP contribution is 2.31. The number of carbonyl (C=O) groups excluding carboxylic acids is 1. The first kappa shape index (κ1) is 18.0. The van der Waals surface area contributed by atoms with Gasteiger partial charge in [0.2, 0.25) is 0 Å². The number of benzene rings is 1. The fourth-order valence-corrected chi connectivity index (χ4v) is 3.60. The molecule has 0 bridgehead atoms. The van der Waals surface area contributed by atoms with Crippen LogP contribution in [-0.2, 0) is 12.7 Å². The van der Waals surface area contributed by atoms with Gasteiger partial charge in [0.25, 0.3) is 0 Å². The van der Waals surface area contributed by atoms with Gasteiger partial charge in [0.15, 0.2) is 0 Å². The summed E-state index contributed by atoms with van der Waals surface area (Å²) >= 11 is 1.75. The molecule has 23 heavy (non-hydrogen) atoms. The Bertz CT molecular complexity index is 534. The summed E-state index contributed by atoms with van der Waals surface area (Å²) in [5.74, 6) is 1.47. The quantitative estimate of drug-likeness (QED) is 0.894. The highest BCUT2D eigenvalue weighted by Gasteiger charge is 2.33. The van der Waals surface area contributed by atoms with E-state index in [1.807, 2.05) is 6.26 Å². The zero-order chi connectivity index (χ0) is 16.9. The monoisotopic (exact) mass is 346 g/mol. The first-order chi connectivity index (χ1) is 10.9. The van der Waals surface area contributed by atoms with E-state index in [9.17, 15) is 18.0 Å². The van der Waals surface area contributed by atoms with Crippen LogP contribution in [0.3, 0.4) is 0 Å². The Hall–Kier alpha value is -1.37. The highest BCUT2D eigenvalue weighted by atomic mass is 32.2. The minimum atomic E-state index is -4.41. The number of urea groups is 1. The van der Waals surface area contributed by atoms with Gasteiger partial charge >= 0.3 is 12.2 Å². The lowest BCUT2D eigenvalue weighted by molar-refractivity contribution is -0.138. The van der Waals surface area contributed by atoms with E-state index in [-0.39, 0.29) is 18.1 Å². The van der Waals surface area contributed by atoms with Gasteiger partial charge in [0.1, 0.15) is 0 Å². The Morgan fingerprint density at radius 3 is 2.83 bits per heavy atom. The summed E-state index contributed by atoms with van der Waals surface area (Å²) in [6, 6.07) is 5.05. The Morgan fingerprint density at radius 1 is 1.39 bits per heavy atom. The molecule has 0 aromatic heterocycles. The summed E-state index contributed by atoms with van der Waals surface area (Å²) < 4.78 is 38.8. The summed E-state index contributed by atoms with van der Waals surface area (Å²) in [6.07, 6.45) is -0.331. The molecule has 0 spiro atoms. The SMILES string of the molecule is CSCC1CCCN(C(=O)NCc2ccccc2C(F)(F)F)C1. The molecule has 1 heterocycles. The summed E-state index contributed by atoms with van der Waals surface area (Å²) in [7, 11) is 0. The minimum absolute atomic E-state index is 0.0889. The van der Waals surface area contributed by atoms with E-state index in [4.69, 9.17) is 0 Å². The molecule has 1 N–H and O–H groups in total. The number of hydrogen-bond acceptors (Lipinski definition) is 2. The van der Waals surface area contributed by atoms with Crippen LogP contribution < -0.4 is 5.32 Å². The molecular weight excluding hydrogens is 325 g/mol. The van der Waals surface area contributed by atoms with E-state index >= 15 is 0 Å². The number of nitrogens with one attached hydrogen (secondary N) is 1. The first-order valence-electron chi connectivity index (χ1n) is 7.58. The molecule has 2 rings (SSSR count). The van der Waals surface area contributed by atoms with Crippen LogP contribution in [0.25, 0.3) is 0 Å². The van der Waals surface area contributed by atoms with Gasteiger partial charge in [-0.2, -0.15) is 24.9 Å². The predicted molar refractivity (Wildman–Crippen MR) is 86.4 cm³/mol. The summed E-state index contributed by atoms with van der Waals surface area (Å²) in [6.45, 7) is 1.23. The molecule has 1 fully saturated rings. The van der Waals surface area contributed by atoms with E-state index in [2.05, 4.69) is 5.32 Å². The minimum Gasteiger partial charge on any atom is -0.334 e. The maximum absolute atomic E-state index is 12.9. The first-order valence-corrected chi connectivity index (χ1v) is 8.98. The smallest absolute Gasteiger partial charge is 0.334 e. The largest absolute Gasteiger partial charge is 0.416 e. The van der Waals surface area contributed by atoms with Crippen molar-refractivity contribution in [3.63, 3.8) is 0 Å². The molecule has 1 atom stereocenters. The second kappa shape index (κ2) is 7.95. The van der Waals surface area contributed by atoms with Crippen molar-refractivity contribution in [3.8, 4) is 0 Å². The van der Waals surface area contributed by atoms with Crippen LogP contribution >= 0.6 is 11.8 Å². The molecule has 1 unspecified atom stereocenters. The van der Waals surface area contributed by atoms with Crippen LogP contribution in [-0.4, -0.2) is 36.0 Å². The number of hydrogen-bond donors (Lipinski definition) is 1. The molecule has 0 saturated carbocycles. The number of rotatable bonds is 4. The number of likely N-dealkylation sites (tertiary alicyclic amines) is 1. The van der Waals surface area contributed by atoms with Gasteiger partial charge in [-0.25, -0.2) is 4.79 Å². The average Bonchev–Trinajstić information content (AvgIpc) is 2.52. The molecule has 3 nitrogen and oxygen atoms in total. The van der Waals surface area contributed by atoms with Crippen molar-refractivity contribution in [2.75, 3.05) is 25.1 Å². The van der Waals surface area contributed by atoms with Gasteiger partial charge in [0.05, 0.1) is 5.56 Å². The molecular formula is C16H21F3N2OS. The number of piperidine rings is 1. The third-order valence-corrected chi connectivity index (χ3v) is 4.77. The van der Waals surface area contributed by atoms with Gasteiger partial charge < -0.3 is 10.2 Å². The summed E-state index contributed by atoms with van der Waals surface area (Å²) in [4.78, 5) is 13.9. The van der Waals surface area contributed by atoms with Crippen LogP contribution in [0.1, 0.15) is 24.0 Å². The van der Waals surface area contributed by atoms with Crippen molar-refractivity contribution in [2.24, 2.45) is 5.92 Å². The van der Waals surface area contributed by atoms with Crippen LogP contribution in [0.15, 0.2) is 24.3 Å². The number of halogens is 3. The predicted octanol–water partition coefficient (Wildman–Crippen LogP) is 3.99. The standard InChI is InChI=1S/C16H21F3N2OS/c1-23-11-12-5-4-8-21(10-12)15(22)20-9-13-6-2-3-7-14(13)16(17,18)19/h2-3,6-7,12H,4-5,8-11H2,1H3,(H,20,22). The number of alkyl halides is 3. The third kappa shape index (κ3) is 5.06. The van der Waals surface area contributed by atoms with Crippen LogP contribution in [0.4, 0.5) is 18.0 Å². The zero-order valence-electron chi connectivity index (χ0n) is 13.0. The maximum atomic E-state index is 12.9. The van der Waals surface area contributed by atoms with Crippen molar-refractivity contribution in [1.29, 1.82) is 0 Å². The molecule has 7 heteroatoms. The summed E-state index contributed by atoms with van der Waals surface area (Å²) in [5.41, 5.74) is -0.606. The number of carbonyl (C=O) groups is 1. The van der Waals surface area contributed by atoms with Crippen molar-refractivity contribution in [2.45, 2.75) is 25.6 Å². The molecule has 1 aromatic carbocycles. The van der Waals surface area contributed by atoms with Gasteiger partial charge in [-0.3, -0.25) is 0 Å². The molecule has 128 valence electrons. The molecule has 0 radical (unpaired) electrons. The third-order valence-electron chi connectivity index (χ3n) is 3.96. The Labute approximate surface area is 138 Å². The van der Waals surface area contributed by atoms with E-state index < -0.39 is 11.7 Å². The maximum Gasteiger partial charge on any atom is 0.416 e. The molecule has 1 saturated heterocycles. The molecule has 1 aromatic rings. The van der Waals surface area contributed by atoms with Gasteiger partial charge in [-0.05, 0) is 42.4 Å². The number of thioether (sulfide) groups is 1. The van der Waals surface area contributed by atoms with Crippen molar-refractivity contribution < 1.29 is 18.0 Å². The van der Waals surface area contributed by atoms with Crippen LogP contribution in [0.2, 0.25) is 0 Å². The Balaban J connectivity index is 1.95. The zero-order valence-corrected chi connectivity index (χ0v) is 13.8. The lowest BCUT2D eigenvalue weighted by atomic mass is 10.0. The summed E-state index contributed by atoms with van der Waals surface area (Å²) in [5, 5.41) is 2.62. The van der Waals surface area contributed by atoms with Crippen molar-refractivity contribution in [3.05, 3.63) is 35.4 Å². The molecule has 2 amide bonds. The fraction of sp³-hybridized carbons (Fsp3) is 0.562. The lowest BCUT2D eigenvalue weighted by Gasteiger charge is -2.32. The van der Waals surface area contributed by atoms with Gasteiger partial charge in [0, 0.05) is 19.6 Å². The Kier molecular flexibility index (Phi) is 6.21. The van der Waals surface area contributed by atoms with Gasteiger partial charge in [-0.1, -0.05) is 18.2 Å². The lowest BCUT2D eigenvalue weighted by Crippen LogP contribution is -2.45. The molecule has 1 aliphatic rings. The normalized spacial score (nSPS) is 18.8. The number of nitrogens with zero attached hydrogens (tertiary/aromatic N) is 1. The number of amides is 2. The second-order valence-electron chi connectivity index (χ2n) is 5.72.